The quantitative estimate of drug-likeness (QED) is 0.760. The minimum absolute atomic E-state index is 0.419. The van der Waals surface area contributed by atoms with E-state index in [0.717, 1.165) is 10.8 Å². The number of aryl methyl sites for hydroxylation is 1. The Morgan fingerprint density at radius 2 is 2.38 bits per heavy atom. The lowest BCUT2D eigenvalue weighted by Crippen LogP contribution is -1.95. The van der Waals surface area contributed by atoms with Gasteiger partial charge in [-0.1, -0.05) is 23.9 Å². The van der Waals surface area contributed by atoms with Gasteiger partial charge < -0.3 is 0 Å². The second-order valence-electron chi connectivity index (χ2n) is 3.37. The molecule has 80 valence electrons. The number of thioether (sulfide) groups is 1. The normalized spacial score (nSPS) is 10.0. The Labute approximate surface area is 98.7 Å². The summed E-state index contributed by atoms with van der Waals surface area (Å²) in [5.74, 6) is 0.419. The molecule has 1 aromatic carbocycles. The van der Waals surface area contributed by atoms with Gasteiger partial charge in [0.1, 0.15) is 0 Å². The Kier molecular flexibility index (Phi) is 3.28. The highest BCUT2D eigenvalue weighted by atomic mass is 32.2. The van der Waals surface area contributed by atoms with Crippen molar-refractivity contribution in [1.82, 2.24) is 9.55 Å². The van der Waals surface area contributed by atoms with E-state index in [2.05, 4.69) is 30.1 Å². The summed E-state index contributed by atoms with van der Waals surface area (Å²) in [5.41, 5.74) is 2.29. The van der Waals surface area contributed by atoms with Crippen LogP contribution in [0.4, 0.5) is 0 Å². The van der Waals surface area contributed by atoms with Crippen molar-refractivity contribution in [3.05, 3.63) is 42.2 Å². The summed E-state index contributed by atoms with van der Waals surface area (Å²) in [4.78, 5) is 4.23. The number of aromatic nitrogens is 2. The van der Waals surface area contributed by atoms with Crippen molar-refractivity contribution in [3.8, 4) is 11.8 Å². The summed E-state index contributed by atoms with van der Waals surface area (Å²) in [6, 6.07) is 10.3. The molecule has 2 rings (SSSR count). The standard InChI is InChI=1S/C12H11N3S/c1-10-3-2-4-11(9-10)15-7-6-14-12(15)16-8-5-13/h2-4,6-7,9H,8H2,1H3. The van der Waals surface area contributed by atoms with Crippen LogP contribution in [0.15, 0.2) is 41.8 Å². The molecule has 0 fully saturated rings. The maximum Gasteiger partial charge on any atom is 0.173 e. The van der Waals surface area contributed by atoms with Gasteiger partial charge in [-0.15, -0.1) is 0 Å². The Morgan fingerprint density at radius 1 is 1.50 bits per heavy atom. The van der Waals surface area contributed by atoms with Gasteiger partial charge in [-0.25, -0.2) is 4.98 Å². The van der Waals surface area contributed by atoms with Crippen molar-refractivity contribution in [2.75, 3.05) is 5.75 Å². The number of nitriles is 1. The molecule has 1 heterocycles. The topological polar surface area (TPSA) is 41.6 Å². The van der Waals surface area contributed by atoms with E-state index >= 15 is 0 Å². The number of nitrogens with zero attached hydrogens (tertiary/aromatic N) is 3. The molecule has 1 aromatic heterocycles. The number of benzene rings is 1. The summed E-state index contributed by atoms with van der Waals surface area (Å²) < 4.78 is 2.00. The van der Waals surface area contributed by atoms with Crippen molar-refractivity contribution >= 4 is 11.8 Å². The molecule has 0 radical (unpaired) electrons. The van der Waals surface area contributed by atoms with Crippen LogP contribution in [0.1, 0.15) is 5.56 Å². The van der Waals surface area contributed by atoms with Gasteiger partial charge in [-0.05, 0) is 24.6 Å². The van der Waals surface area contributed by atoms with Gasteiger partial charge in [0.05, 0.1) is 11.8 Å². The fourth-order valence-corrected chi connectivity index (χ4v) is 2.10. The summed E-state index contributed by atoms with van der Waals surface area (Å²) in [7, 11) is 0. The number of hydrogen-bond acceptors (Lipinski definition) is 3. The Balaban J connectivity index is 2.34. The molecule has 0 bridgehead atoms. The van der Waals surface area contributed by atoms with Gasteiger partial charge in [0.2, 0.25) is 0 Å². The molecular formula is C12H11N3S. The van der Waals surface area contributed by atoms with Crippen LogP contribution in [0, 0.1) is 18.3 Å². The molecule has 3 nitrogen and oxygen atoms in total. The second kappa shape index (κ2) is 4.86. The fraction of sp³-hybridized carbons (Fsp3) is 0.167. The minimum Gasteiger partial charge on any atom is -0.295 e. The first-order chi connectivity index (χ1) is 7.81. The lowest BCUT2D eigenvalue weighted by Gasteiger charge is -2.06. The van der Waals surface area contributed by atoms with Gasteiger partial charge in [-0.3, -0.25) is 4.57 Å². The molecule has 0 saturated carbocycles. The number of rotatable bonds is 3. The average molecular weight is 229 g/mol. The maximum absolute atomic E-state index is 8.56. The molecule has 0 aliphatic carbocycles. The van der Waals surface area contributed by atoms with Crippen molar-refractivity contribution < 1.29 is 0 Å². The molecule has 0 atom stereocenters. The van der Waals surface area contributed by atoms with Crippen LogP contribution < -0.4 is 0 Å². The third kappa shape index (κ3) is 2.26. The molecule has 0 aliphatic heterocycles. The van der Waals surface area contributed by atoms with Crippen molar-refractivity contribution in [2.45, 2.75) is 12.1 Å². The van der Waals surface area contributed by atoms with E-state index in [-0.39, 0.29) is 0 Å². The van der Waals surface area contributed by atoms with Gasteiger partial charge in [0.15, 0.2) is 5.16 Å². The summed E-state index contributed by atoms with van der Waals surface area (Å²) in [6.45, 7) is 2.06. The predicted octanol–water partition coefficient (Wildman–Crippen LogP) is 2.80. The molecule has 2 aromatic rings. The maximum atomic E-state index is 8.56. The van der Waals surface area contributed by atoms with Gasteiger partial charge in [0, 0.05) is 18.1 Å². The molecule has 0 saturated heterocycles. The van der Waals surface area contributed by atoms with Crippen LogP contribution in [0.5, 0.6) is 0 Å². The highest BCUT2D eigenvalue weighted by Crippen LogP contribution is 2.20. The lowest BCUT2D eigenvalue weighted by atomic mass is 10.2. The zero-order valence-corrected chi connectivity index (χ0v) is 9.74. The summed E-state index contributed by atoms with van der Waals surface area (Å²) in [6.07, 6.45) is 3.66. The molecule has 0 aliphatic rings. The first-order valence-corrected chi connectivity index (χ1v) is 5.90. The third-order valence-electron chi connectivity index (χ3n) is 2.15. The van der Waals surface area contributed by atoms with E-state index in [1.807, 2.05) is 22.9 Å². The van der Waals surface area contributed by atoms with Crippen LogP contribution in [0.25, 0.3) is 5.69 Å². The Bertz CT molecular complexity index is 525. The third-order valence-corrected chi connectivity index (χ3v) is 2.99. The van der Waals surface area contributed by atoms with Crippen molar-refractivity contribution in [1.29, 1.82) is 5.26 Å². The summed E-state index contributed by atoms with van der Waals surface area (Å²) in [5, 5.41) is 9.42. The first-order valence-electron chi connectivity index (χ1n) is 4.91. The zero-order chi connectivity index (χ0) is 11.4. The van der Waals surface area contributed by atoms with Crippen LogP contribution >= 0.6 is 11.8 Å². The van der Waals surface area contributed by atoms with Crippen LogP contribution in [0.2, 0.25) is 0 Å². The van der Waals surface area contributed by atoms with E-state index in [1.165, 1.54) is 17.3 Å². The predicted molar refractivity (Wildman–Crippen MR) is 64.6 cm³/mol. The highest BCUT2D eigenvalue weighted by molar-refractivity contribution is 7.99. The van der Waals surface area contributed by atoms with E-state index in [4.69, 9.17) is 5.26 Å². The SMILES string of the molecule is Cc1cccc(-n2ccnc2SCC#N)c1. The number of hydrogen-bond donors (Lipinski definition) is 0. The molecule has 0 spiro atoms. The Morgan fingerprint density at radius 3 is 3.12 bits per heavy atom. The lowest BCUT2D eigenvalue weighted by molar-refractivity contribution is 0.895. The van der Waals surface area contributed by atoms with Crippen molar-refractivity contribution in [3.63, 3.8) is 0 Å². The van der Waals surface area contributed by atoms with E-state index in [9.17, 15) is 0 Å². The monoisotopic (exact) mass is 229 g/mol. The first kappa shape index (κ1) is 10.8. The van der Waals surface area contributed by atoms with E-state index in [0.29, 0.717) is 5.75 Å². The van der Waals surface area contributed by atoms with Gasteiger partial charge in [-0.2, -0.15) is 5.26 Å². The molecule has 16 heavy (non-hydrogen) atoms. The molecule has 0 N–H and O–H groups in total. The molecule has 4 heteroatoms. The van der Waals surface area contributed by atoms with E-state index < -0.39 is 0 Å². The molecule has 0 amide bonds. The number of imidazole rings is 1. The van der Waals surface area contributed by atoms with Crippen LogP contribution in [-0.2, 0) is 0 Å². The molecule has 0 unspecified atom stereocenters. The second-order valence-corrected chi connectivity index (χ2v) is 4.31. The largest absolute Gasteiger partial charge is 0.295 e. The molecular weight excluding hydrogens is 218 g/mol. The smallest absolute Gasteiger partial charge is 0.173 e. The van der Waals surface area contributed by atoms with Gasteiger partial charge >= 0.3 is 0 Å². The van der Waals surface area contributed by atoms with E-state index in [1.54, 1.807) is 6.20 Å². The van der Waals surface area contributed by atoms with Crippen LogP contribution in [-0.4, -0.2) is 15.3 Å². The van der Waals surface area contributed by atoms with Crippen LogP contribution in [0.3, 0.4) is 0 Å². The van der Waals surface area contributed by atoms with Crippen molar-refractivity contribution in [2.24, 2.45) is 0 Å². The average Bonchev–Trinajstić information content (AvgIpc) is 2.74. The fourth-order valence-electron chi connectivity index (χ4n) is 1.47. The van der Waals surface area contributed by atoms with Gasteiger partial charge in [0.25, 0.3) is 0 Å². The summed E-state index contributed by atoms with van der Waals surface area (Å²) >= 11 is 1.45. The minimum atomic E-state index is 0.419. The Hall–Kier alpha value is -1.73. The highest BCUT2D eigenvalue weighted by Gasteiger charge is 2.04. The zero-order valence-electron chi connectivity index (χ0n) is 8.92.